The Morgan fingerprint density at radius 2 is 1.78 bits per heavy atom. The monoisotopic (exact) mass is 318 g/mol. The Morgan fingerprint density at radius 3 is 2.52 bits per heavy atom. The summed E-state index contributed by atoms with van der Waals surface area (Å²) in [7, 11) is 0. The molecule has 0 aliphatic heterocycles. The predicted molar refractivity (Wildman–Crippen MR) is 79.3 cm³/mol. The first kappa shape index (κ1) is 15.1. The van der Waals surface area contributed by atoms with Gasteiger partial charge in [-0.25, -0.2) is 4.68 Å². The summed E-state index contributed by atoms with van der Waals surface area (Å²) in [6.45, 7) is 0.0460. The van der Waals surface area contributed by atoms with Crippen LogP contribution in [-0.2, 0) is 12.8 Å². The molecule has 0 fully saturated rings. The van der Waals surface area contributed by atoms with Crippen molar-refractivity contribution >= 4 is 0 Å². The van der Waals surface area contributed by atoms with Crippen LogP contribution in [0.25, 0.3) is 5.69 Å². The van der Waals surface area contributed by atoms with Crippen LogP contribution in [-0.4, -0.2) is 9.78 Å². The van der Waals surface area contributed by atoms with E-state index in [1.807, 2.05) is 30.3 Å². The third kappa shape index (κ3) is 3.71. The van der Waals surface area contributed by atoms with Crippen LogP contribution in [0.2, 0.25) is 0 Å². The highest BCUT2D eigenvalue weighted by Gasteiger charge is 2.30. The Balaban J connectivity index is 1.69. The van der Waals surface area contributed by atoms with Gasteiger partial charge in [0.05, 0.1) is 23.6 Å². The van der Waals surface area contributed by atoms with Crippen molar-refractivity contribution in [2.45, 2.75) is 12.8 Å². The summed E-state index contributed by atoms with van der Waals surface area (Å²) in [6, 6.07) is 14.6. The smallest absolute Gasteiger partial charge is 0.416 e. The van der Waals surface area contributed by atoms with E-state index < -0.39 is 11.7 Å². The van der Waals surface area contributed by atoms with E-state index in [9.17, 15) is 13.2 Å². The van der Waals surface area contributed by atoms with Gasteiger partial charge in [-0.05, 0) is 29.8 Å². The molecular formula is C17H13F3N2O. The molecule has 1 heterocycles. The van der Waals surface area contributed by atoms with Gasteiger partial charge in [-0.15, -0.1) is 0 Å². The average molecular weight is 318 g/mol. The normalized spacial score (nSPS) is 11.4. The van der Waals surface area contributed by atoms with Crippen molar-refractivity contribution < 1.29 is 17.9 Å². The molecule has 0 atom stereocenters. The molecule has 0 N–H and O–H groups in total. The Hall–Kier alpha value is -2.76. The highest BCUT2D eigenvalue weighted by atomic mass is 19.4. The molecule has 3 aromatic rings. The molecule has 0 saturated heterocycles. The van der Waals surface area contributed by atoms with E-state index in [4.69, 9.17) is 4.74 Å². The highest BCUT2D eigenvalue weighted by molar-refractivity contribution is 5.32. The minimum absolute atomic E-state index is 0.0460. The fourth-order valence-electron chi connectivity index (χ4n) is 2.11. The van der Waals surface area contributed by atoms with Crippen LogP contribution in [0, 0.1) is 0 Å². The van der Waals surface area contributed by atoms with Gasteiger partial charge in [-0.3, -0.25) is 0 Å². The van der Waals surface area contributed by atoms with E-state index in [-0.39, 0.29) is 6.61 Å². The zero-order valence-corrected chi connectivity index (χ0v) is 12.0. The minimum atomic E-state index is -4.35. The molecule has 0 saturated carbocycles. The lowest BCUT2D eigenvalue weighted by atomic mass is 10.1. The molecule has 6 heteroatoms. The van der Waals surface area contributed by atoms with Crippen LogP contribution in [0.15, 0.2) is 67.0 Å². The Labute approximate surface area is 130 Å². The standard InChI is InChI=1S/C17H13F3N2O/c18-17(19,20)14-6-4-5-13(9-14)12-23-16-10-21-22(11-16)15-7-2-1-3-8-15/h1-11H,12H2. The van der Waals surface area contributed by atoms with Gasteiger partial charge in [0.15, 0.2) is 5.75 Å². The first-order valence-corrected chi connectivity index (χ1v) is 6.91. The summed E-state index contributed by atoms with van der Waals surface area (Å²) < 4.78 is 45.2. The molecule has 0 radical (unpaired) electrons. The van der Waals surface area contributed by atoms with E-state index in [2.05, 4.69) is 5.10 Å². The second kappa shape index (κ2) is 6.16. The summed E-state index contributed by atoms with van der Waals surface area (Å²) in [4.78, 5) is 0. The largest absolute Gasteiger partial charge is 0.486 e. The molecule has 3 nitrogen and oxygen atoms in total. The van der Waals surface area contributed by atoms with E-state index in [1.54, 1.807) is 16.9 Å². The number of benzene rings is 2. The molecule has 0 spiro atoms. The van der Waals surface area contributed by atoms with Crippen molar-refractivity contribution in [3.05, 3.63) is 78.1 Å². The molecule has 0 aliphatic carbocycles. The molecule has 118 valence electrons. The number of rotatable bonds is 4. The van der Waals surface area contributed by atoms with Crippen molar-refractivity contribution in [2.75, 3.05) is 0 Å². The molecule has 0 unspecified atom stereocenters. The van der Waals surface area contributed by atoms with Crippen LogP contribution in [0.3, 0.4) is 0 Å². The molecular weight excluding hydrogens is 305 g/mol. The van der Waals surface area contributed by atoms with Crippen molar-refractivity contribution in [1.29, 1.82) is 0 Å². The van der Waals surface area contributed by atoms with Gasteiger partial charge in [-0.2, -0.15) is 18.3 Å². The van der Waals surface area contributed by atoms with Crippen molar-refractivity contribution in [2.24, 2.45) is 0 Å². The first-order chi connectivity index (χ1) is 11.0. The Kier molecular flexibility index (Phi) is 4.06. The fourth-order valence-corrected chi connectivity index (χ4v) is 2.11. The summed E-state index contributed by atoms with van der Waals surface area (Å²) in [6.07, 6.45) is -1.14. The van der Waals surface area contributed by atoms with Gasteiger partial charge < -0.3 is 4.74 Å². The Bertz CT molecular complexity index is 782. The molecule has 0 bridgehead atoms. The molecule has 0 aliphatic rings. The average Bonchev–Trinajstić information content (AvgIpc) is 3.02. The molecule has 0 amide bonds. The summed E-state index contributed by atoms with van der Waals surface area (Å²) in [5.74, 6) is 0.492. The lowest BCUT2D eigenvalue weighted by molar-refractivity contribution is -0.137. The number of nitrogens with zero attached hydrogens (tertiary/aromatic N) is 2. The minimum Gasteiger partial charge on any atom is -0.486 e. The Morgan fingerprint density at radius 1 is 1.00 bits per heavy atom. The SMILES string of the molecule is FC(F)(F)c1cccc(COc2cnn(-c3ccccc3)c2)c1. The van der Waals surface area contributed by atoms with Gasteiger partial charge in [0, 0.05) is 0 Å². The zero-order valence-electron chi connectivity index (χ0n) is 12.0. The molecule has 2 aromatic carbocycles. The number of para-hydroxylation sites is 1. The number of alkyl halides is 3. The summed E-state index contributed by atoms with van der Waals surface area (Å²) in [5.41, 5.74) is 0.646. The number of halogens is 3. The van der Waals surface area contributed by atoms with Gasteiger partial charge in [-0.1, -0.05) is 30.3 Å². The van der Waals surface area contributed by atoms with Gasteiger partial charge in [0.2, 0.25) is 0 Å². The third-order valence-electron chi connectivity index (χ3n) is 3.24. The number of hydrogen-bond acceptors (Lipinski definition) is 2. The topological polar surface area (TPSA) is 27.1 Å². The fraction of sp³-hybridized carbons (Fsp3) is 0.118. The van der Waals surface area contributed by atoms with E-state index >= 15 is 0 Å². The maximum atomic E-state index is 12.7. The third-order valence-corrected chi connectivity index (χ3v) is 3.24. The molecule has 1 aromatic heterocycles. The second-order valence-corrected chi connectivity index (χ2v) is 4.94. The van der Waals surface area contributed by atoms with E-state index in [0.717, 1.165) is 17.8 Å². The van der Waals surface area contributed by atoms with E-state index in [0.29, 0.717) is 11.3 Å². The lowest BCUT2D eigenvalue weighted by Gasteiger charge is -2.09. The molecule has 3 rings (SSSR count). The van der Waals surface area contributed by atoms with Crippen molar-refractivity contribution in [3.63, 3.8) is 0 Å². The van der Waals surface area contributed by atoms with Gasteiger partial charge >= 0.3 is 6.18 Å². The van der Waals surface area contributed by atoms with Crippen LogP contribution < -0.4 is 4.74 Å². The van der Waals surface area contributed by atoms with Crippen LogP contribution in [0.4, 0.5) is 13.2 Å². The van der Waals surface area contributed by atoms with E-state index in [1.165, 1.54) is 12.3 Å². The quantitative estimate of drug-likeness (QED) is 0.709. The van der Waals surface area contributed by atoms with Crippen molar-refractivity contribution in [3.8, 4) is 11.4 Å². The van der Waals surface area contributed by atoms with Crippen LogP contribution >= 0.6 is 0 Å². The number of aromatic nitrogens is 2. The molecule has 23 heavy (non-hydrogen) atoms. The van der Waals surface area contributed by atoms with Gasteiger partial charge in [0.1, 0.15) is 6.61 Å². The maximum absolute atomic E-state index is 12.7. The second-order valence-electron chi connectivity index (χ2n) is 4.94. The maximum Gasteiger partial charge on any atom is 0.416 e. The summed E-state index contributed by atoms with van der Waals surface area (Å²) >= 11 is 0. The summed E-state index contributed by atoms with van der Waals surface area (Å²) in [5, 5.41) is 4.17. The predicted octanol–water partition coefficient (Wildman–Crippen LogP) is 4.47. The van der Waals surface area contributed by atoms with Crippen molar-refractivity contribution in [1.82, 2.24) is 9.78 Å². The zero-order chi connectivity index (χ0) is 16.3. The highest BCUT2D eigenvalue weighted by Crippen LogP contribution is 2.29. The van der Waals surface area contributed by atoms with Crippen LogP contribution in [0.1, 0.15) is 11.1 Å². The number of ether oxygens (including phenoxy) is 1. The van der Waals surface area contributed by atoms with Crippen LogP contribution in [0.5, 0.6) is 5.75 Å². The first-order valence-electron chi connectivity index (χ1n) is 6.91. The number of hydrogen-bond donors (Lipinski definition) is 0. The van der Waals surface area contributed by atoms with Gasteiger partial charge in [0.25, 0.3) is 0 Å². The lowest BCUT2D eigenvalue weighted by Crippen LogP contribution is -2.06.